The number of hydrogen-bond donors (Lipinski definition) is 1. The maximum absolute atomic E-state index is 5.90. The Balaban J connectivity index is 1.82. The number of para-hydroxylation sites is 1. The number of nitrogens with two attached hydrogens (primary N) is 1. The van der Waals surface area contributed by atoms with Crippen molar-refractivity contribution in [3.63, 3.8) is 0 Å². The summed E-state index contributed by atoms with van der Waals surface area (Å²) >= 11 is 0. The van der Waals surface area contributed by atoms with E-state index in [4.69, 9.17) is 15.0 Å². The van der Waals surface area contributed by atoms with Crippen molar-refractivity contribution in [1.29, 1.82) is 0 Å². The van der Waals surface area contributed by atoms with Gasteiger partial charge in [0.15, 0.2) is 0 Å². The summed E-state index contributed by atoms with van der Waals surface area (Å²) in [6.07, 6.45) is 2.03. The molecule has 0 saturated heterocycles. The maximum Gasteiger partial charge on any atom is 0.235 e. The average Bonchev–Trinajstić information content (AvgIpc) is 3.13. The lowest BCUT2D eigenvalue weighted by molar-refractivity contribution is 0.155. The Labute approximate surface area is 127 Å². The monoisotopic (exact) mass is 296 g/mol. The van der Waals surface area contributed by atoms with Gasteiger partial charge in [-0.25, -0.2) is 4.98 Å². The third-order valence-electron chi connectivity index (χ3n) is 4.13. The minimum absolute atomic E-state index is 0.103. The second kappa shape index (κ2) is 4.78. The summed E-state index contributed by atoms with van der Waals surface area (Å²) in [5, 5.41) is 5.10. The molecule has 0 amide bonds. The van der Waals surface area contributed by atoms with Gasteiger partial charge in [-0.2, -0.15) is 4.98 Å². The van der Waals surface area contributed by atoms with E-state index in [1.807, 2.05) is 24.3 Å². The van der Waals surface area contributed by atoms with Gasteiger partial charge in [-0.1, -0.05) is 23.4 Å². The van der Waals surface area contributed by atoms with Crippen molar-refractivity contribution in [2.24, 2.45) is 0 Å². The Kier molecular flexibility index (Phi) is 2.87. The zero-order valence-electron chi connectivity index (χ0n) is 12.2. The van der Waals surface area contributed by atoms with E-state index in [0.29, 0.717) is 24.1 Å². The maximum atomic E-state index is 5.90. The molecule has 2 heterocycles. The van der Waals surface area contributed by atoms with Crippen LogP contribution in [0.1, 0.15) is 18.7 Å². The summed E-state index contributed by atoms with van der Waals surface area (Å²) in [6.45, 7) is 0.605. The summed E-state index contributed by atoms with van der Waals surface area (Å²) in [5.41, 5.74) is 7.45. The van der Waals surface area contributed by atoms with Gasteiger partial charge in [0.25, 0.3) is 0 Å². The fourth-order valence-corrected chi connectivity index (χ4v) is 2.78. The molecular formula is C16H16N4O2. The molecule has 2 N–H and O–H groups in total. The summed E-state index contributed by atoms with van der Waals surface area (Å²) in [7, 11) is 1.69. The molecule has 0 unspecified atom stereocenters. The van der Waals surface area contributed by atoms with E-state index in [-0.39, 0.29) is 5.41 Å². The number of rotatable bonds is 4. The lowest BCUT2D eigenvalue weighted by atomic mass is 10.1. The van der Waals surface area contributed by atoms with Crippen LogP contribution >= 0.6 is 0 Å². The fraction of sp³-hybridized carbons (Fsp3) is 0.312. The van der Waals surface area contributed by atoms with E-state index in [2.05, 4.69) is 15.1 Å². The number of nitrogens with zero attached hydrogens (tertiary/aromatic N) is 3. The first-order valence-corrected chi connectivity index (χ1v) is 7.21. The van der Waals surface area contributed by atoms with Gasteiger partial charge in [0.1, 0.15) is 5.82 Å². The Morgan fingerprint density at radius 3 is 2.86 bits per heavy atom. The van der Waals surface area contributed by atoms with Gasteiger partial charge in [-0.3, -0.25) is 0 Å². The second-order valence-corrected chi connectivity index (χ2v) is 5.75. The summed E-state index contributed by atoms with van der Waals surface area (Å²) in [5.74, 6) is 1.63. The highest BCUT2D eigenvalue weighted by Crippen LogP contribution is 2.48. The van der Waals surface area contributed by atoms with Crippen LogP contribution in [0.4, 0.5) is 5.82 Å². The zero-order chi connectivity index (χ0) is 15.2. The van der Waals surface area contributed by atoms with Crippen molar-refractivity contribution in [1.82, 2.24) is 15.1 Å². The second-order valence-electron chi connectivity index (χ2n) is 5.75. The van der Waals surface area contributed by atoms with Crippen molar-refractivity contribution in [3.8, 4) is 11.4 Å². The Morgan fingerprint density at radius 1 is 1.27 bits per heavy atom. The van der Waals surface area contributed by atoms with Gasteiger partial charge in [0.2, 0.25) is 11.7 Å². The fourth-order valence-electron chi connectivity index (χ4n) is 2.78. The molecule has 0 aliphatic heterocycles. The van der Waals surface area contributed by atoms with Crippen LogP contribution in [0.2, 0.25) is 0 Å². The standard InChI is InChI=1S/C16H16N4O2/c1-21-9-16(6-7-16)15-19-14(20-22-15)11-8-13(17)18-12-5-3-2-4-10(11)12/h2-5,8H,6-7,9H2,1H3,(H2,17,18). The first kappa shape index (κ1) is 13.2. The number of methoxy groups -OCH3 is 1. The van der Waals surface area contributed by atoms with Gasteiger partial charge >= 0.3 is 0 Å². The summed E-state index contributed by atoms with van der Waals surface area (Å²) in [4.78, 5) is 8.91. The van der Waals surface area contributed by atoms with Crippen LogP contribution in [0.5, 0.6) is 0 Å². The minimum atomic E-state index is -0.103. The van der Waals surface area contributed by atoms with Gasteiger partial charge in [0, 0.05) is 18.1 Å². The molecule has 6 nitrogen and oxygen atoms in total. The number of nitrogen functional groups attached to an aromatic ring is 1. The highest BCUT2D eigenvalue weighted by atomic mass is 16.5. The molecule has 1 aromatic carbocycles. The number of benzene rings is 1. The van der Waals surface area contributed by atoms with Crippen molar-refractivity contribution in [2.45, 2.75) is 18.3 Å². The van der Waals surface area contributed by atoms with Gasteiger partial charge in [-0.15, -0.1) is 0 Å². The van der Waals surface area contributed by atoms with E-state index < -0.39 is 0 Å². The lowest BCUT2D eigenvalue weighted by Gasteiger charge is -2.07. The van der Waals surface area contributed by atoms with Crippen LogP contribution in [0.25, 0.3) is 22.3 Å². The molecule has 1 fully saturated rings. The van der Waals surface area contributed by atoms with Crippen LogP contribution < -0.4 is 5.73 Å². The van der Waals surface area contributed by atoms with E-state index in [1.165, 1.54) is 0 Å². The number of hydrogen-bond acceptors (Lipinski definition) is 6. The molecule has 0 atom stereocenters. The quantitative estimate of drug-likeness (QED) is 0.796. The van der Waals surface area contributed by atoms with E-state index in [0.717, 1.165) is 29.3 Å². The molecular weight excluding hydrogens is 280 g/mol. The minimum Gasteiger partial charge on any atom is -0.384 e. The summed E-state index contributed by atoms with van der Waals surface area (Å²) < 4.78 is 10.8. The molecule has 0 spiro atoms. The first-order chi connectivity index (χ1) is 10.7. The molecule has 6 heteroatoms. The van der Waals surface area contributed by atoms with Crippen molar-refractivity contribution in [2.75, 3.05) is 19.5 Å². The third kappa shape index (κ3) is 2.03. The molecule has 4 rings (SSSR count). The van der Waals surface area contributed by atoms with Crippen molar-refractivity contribution < 1.29 is 9.26 Å². The predicted octanol–water partition coefficient (Wildman–Crippen LogP) is 2.55. The van der Waals surface area contributed by atoms with E-state index in [9.17, 15) is 0 Å². The van der Waals surface area contributed by atoms with Crippen molar-refractivity contribution >= 4 is 16.7 Å². The number of aromatic nitrogens is 3. The van der Waals surface area contributed by atoms with Gasteiger partial charge in [0.05, 0.1) is 17.5 Å². The van der Waals surface area contributed by atoms with Crippen LogP contribution in [0.3, 0.4) is 0 Å². The molecule has 0 bridgehead atoms. The SMILES string of the molecule is COCC1(c2nc(-c3cc(N)nc4ccccc34)no2)CC1. The van der Waals surface area contributed by atoms with Gasteiger partial charge in [-0.05, 0) is 25.0 Å². The normalized spacial score (nSPS) is 16.0. The summed E-state index contributed by atoms with van der Waals surface area (Å²) in [6, 6.07) is 9.57. The third-order valence-corrected chi connectivity index (χ3v) is 4.13. The number of pyridine rings is 1. The Morgan fingerprint density at radius 2 is 2.09 bits per heavy atom. The van der Waals surface area contributed by atoms with Crippen LogP contribution in [-0.2, 0) is 10.2 Å². The van der Waals surface area contributed by atoms with Crippen LogP contribution in [0, 0.1) is 0 Å². The van der Waals surface area contributed by atoms with Crippen LogP contribution in [0.15, 0.2) is 34.9 Å². The number of anilines is 1. The molecule has 1 aliphatic rings. The zero-order valence-corrected chi connectivity index (χ0v) is 12.2. The van der Waals surface area contributed by atoms with Crippen LogP contribution in [-0.4, -0.2) is 28.8 Å². The van der Waals surface area contributed by atoms with Gasteiger partial charge < -0.3 is 15.0 Å². The Bertz CT molecular complexity index is 839. The molecule has 2 aromatic heterocycles. The molecule has 1 saturated carbocycles. The first-order valence-electron chi connectivity index (χ1n) is 7.21. The molecule has 1 aliphatic carbocycles. The number of fused-ring (bicyclic) bond motifs is 1. The van der Waals surface area contributed by atoms with E-state index in [1.54, 1.807) is 13.2 Å². The predicted molar refractivity (Wildman–Crippen MR) is 82.2 cm³/mol. The average molecular weight is 296 g/mol. The van der Waals surface area contributed by atoms with E-state index >= 15 is 0 Å². The molecule has 0 radical (unpaired) electrons. The highest BCUT2D eigenvalue weighted by molar-refractivity contribution is 5.94. The molecule has 22 heavy (non-hydrogen) atoms. The van der Waals surface area contributed by atoms with Crippen molar-refractivity contribution in [3.05, 3.63) is 36.2 Å². The lowest BCUT2D eigenvalue weighted by Crippen LogP contribution is -2.14. The highest BCUT2D eigenvalue weighted by Gasteiger charge is 2.49. The number of ether oxygens (including phenoxy) is 1. The Hall–Kier alpha value is -2.47. The largest absolute Gasteiger partial charge is 0.384 e. The topological polar surface area (TPSA) is 87.1 Å². The smallest absolute Gasteiger partial charge is 0.235 e. The molecule has 112 valence electrons. The molecule has 3 aromatic rings.